The molecule has 1 heterocycles. The molecule has 7 heteroatoms. The number of likely N-dealkylation sites (tertiary alicyclic amines) is 1. The largest absolute Gasteiger partial charge is 0.465 e. The fraction of sp³-hybridized carbons (Fsp3) is 0.824. The van der Waals surface area contributed by atoms with Gasteiger partial charge in [-0.1, -0.05) is 20.8 Å². The van der Waals surface area contributed by atoms with E-state index in [1.807, 2.05) is 20.8 Å². The summed E-state index contributed by atoms with van der Waals surface area (Å²) in [5, 5.41) is 12.3. The van der Waals surface area contributed by atoms with Gasteiger partial charge < -0.3 is 24.9 Å². The summed E-state index contributed by atoms with van der Waals surface area (Å²) in [5.74, 6) is -0.0622. The minimum absolute atomic E-state index is 0.0622. The molecule has 1 aliphatic rings. The molecule has 0 saturated carbocycles. The first-order valence-corrected chi connectivity index (χ1v) is 8.23. The van der Waals surface area contributed by atoms with Crippen LogP contribution in [0, 0.1) is 11.3 Å². The van der Waals surface area contributed by atoms with E-state index in [2.05, 4.69) is 5.32 Å². The minimum atomic E-state index is -1.04. The van der Waals surface area contributed by atoms with E-state index in [1.54, 1.807) is 20.8 Å². The molecule has 0 spiro atoms. The predicted molar refractivity (Wildman–Crippen MR) is 89.9 cm³/mol. The van der Waals surface area contributed by atoms with Crippen molar-refractivity contribution in [3.63, 3.8) is 0 Å². The molecule has 1 saturated heterocycles. The van der Waals surface area contributed by atoms with Crippen molar-refractivity contribution in [3.8, 4) is 0 Å². The Labute approximate surface area is 143 Å². The van der Waals surface area contributed by atoms with Crippen LogP contribution in [-0.4, -0.2) is 52.7 Å². The van der Waals surface area contributed by atoms with Gasteiger partial charge in [-0.05, 0) is 38.5 Å². The van der Waals surface area contributed by atoms with Crippen LogP contribution in [-0.2, 0) is 9.53 Å². The van der Waals surface area contributed by atoms with Gasteiger partial charge in [-0.2, -0.15) is 0 Å². The van der Waals surface area contributed by atoms with Crippen molar-refractivity contribution in [2.24, 2.45) is 11.3 Å². The van der Waals surface area contributed by atoms with Crippen LogP contribution < -0.4 is 5.32 Å². The number of alkyl carbamates (subject to hydrolysis) is 1. The fourth-order valence-corrected chi connectivity index (χ4v) is 3.37. The van der Waals surface area contributed by atoms with Crippen molar-refractivity contribution in [1.29, 1.82) is 0 Å². The monoisotopic (exact) mass is 342 g/mol. The summed E-state index contributed by atoms with van der Waals surface area (Å²) in [6.45, 7) is 11.8. The number of hydrogen-bond acceptors (Lipinski definition) is 4. The molecule has 0 unspecified atom stereocenters. The Morgan fingerprint density at radius 2 is 1.88 bits per heavy atom. The van der Waals surface area contributed by atoms with Crippen molar-refractivity contribution in [1.82, 2.24) is 10.2 Å². The van der Waals surface area contributed by atoms with Gasteiger partial charge in [0.15, 0.2) is 0 Å². The van der Waals surface area contributed by atoms with Crippen LogP contribution in [0.5, 0.6) is 0 Å². The number of ether oxygens (including phenoxy) is 1. The van der Waals surface area contributed by atoms with Crippen molar-refractivity contribution < 1.29 is 24.2 Å². The fourth-order valence-electron chi connectivity index (χ4n) is 3.37. The second-order valence-corrected chi connectivity index (χ2v) is 8.50. The van der Waals surface area contributed by atoms with Gasteiger partial charge in [-0.15, -0.1) is 0 Å². The van der Waals surface area contributed by atoms with E-state index in [9.17, 15) is 19.5 Å². The van der Waals surface area contributed by atoms with Crippen LogP contribution in [0.3, 0.4) is 0 Å². The normalized spacial score (nSPS) is 24.6. The molecular weight excluding hydrogens is 312 g/mol. The maximum atomic E-state index is 11.8. The highest BCUT2D eigenvalue weighted by Gasteiger charge is 2.54. The lowest BCUT2D eigenvalue weighted by Gasteiger charge is -2.46. The lowest BCUT2D eigenvalue weighted by atomic mass is 9.69. The molecule has 138 valence electrons. The molecule has 2 amide bonds. The van der Waals surface area contributed by atoms with Gasteiger partial charge in [-0.3, -0.25) is 0 Å². The summed E-state index contributed by atoms with van der Waals surface area (Å²) in [7, 11) is 0. The van der Waals surface area contributed by atoms with Crippen molar-refractivity contribution >= 4 is 18.5 Å². The van der Waals surface area contributed by atoms with Crippen LogP contribution in [0.1, 0.15) is 54.4 Å². The lowest BCUT2D eigenvalue weighted by molar-refractivity contribution is -0.111. The van der Waals surface area contributed by atoms with E-state index in [4.69, 9.17) is 4.74 Å². The Balaban J connectivity index is 2.86. The molecule has 24 heavy (non-hydrogen) atoms. The molecule has 1 rings (SSSR count). The number of nitrogens with one attached hydrogen (secondary N) is 1. The summed E-state index contributed by atoms with van der Waals surface area (Å²) in [4.78, 5) is 36.1. The van der Waals surface area contributed by atoms with Crippen LogP contribution in [0.4, 0.5) is 9.59 Å². The van der Waals surface area contributed by atoms with E-state index < -0.39 is 28.7 Å². The van der Waals surface area contributed by atoms with E-state index >= 15 is 0 Å². The van der Waals surface area contributed by atoms with Gasteiger partial charge >= 0.3 is 12.2 Å². The second-order valence-electron chi connectivity index (χ2n) is 8.50. The average molecular weight is 342 g/mol. The molecule has 0 aliphatic carbocycles. The summed E-state index contributed by atoms with van der Waals surface area (Å²) in [6, 6.07) is 0. The summed E-state index contributed by atoms with van der Waals surface area (Å²) >= 11 is 0. The number of carboxylic acid groups (broad SMARTS) is 1. The smallest absolute Gasteiger partial charge is 0.407 e. The van der Waals surface area contributed by atoms with Gasteiger partial charge in [0.05, 0.1) is 5.54 Å². The highest BCUT2D eigenvalue weighted by atomic mass is 16.6. The molecule has 2 N–H and O–H groups in total. The third kappa shape index (κ3) is 4.61. The van der Waals surface area contributed by atoms with Gasteiger partial charge in [0.25, 0.3) is 0 Å². The molecule has 0 radical (unpaired) electrons. The average Bonchev–Trinajstić information content (AvgIpc) is 2.75. The maximum absolute atomic E-state index is 11.8. The van der Waals surface area contributed by atoms with Crippen LogP contribution in [0.15, 0.2) is 0 Å². The minimum Gasteiger partial charge on any atom is -0.465 e. The van der Waals surface area contributed by atoms with Gasteiger partial charge in [0.1, 0.15) is 11.9 Å². The molecule has 0 aromatic rings. The molecule has 2 atom stereocenters. The summed E-state index contributed by atoms with van der Waals surface area (Å²) in [5.41, 5.74) is -1.74. The maximum Gasteiger partial charge on any atom is 0.407 e. The first-order valence-electron chi connectivity index (χ1n) is 8.23. The Bertz CT molecular complexity index is 492. The second kappa shape index (κ2) is 6.99. The van der Waals surface area contributed by atoms with Crippen LogP contribution in [0.2, 0.25) is 0 Å². The van der Waals surface area contributed by atoms with Crippen LogP contribution in [0.25, 0.3) is 0 Å². The van der Waals surface area contributed by atoms with E-state index in [1.165, 1.54) is 4.90 Å². The quantitative estimate of drug-likeness (QED) is 0.766. The Morgan fingerprint density at radius 3 is 2.29 bits per heavy atom. The lowest BCUT2D eigenvalue weighted by Crippen LogP contribution is -2.55. The number of rotatable bonds is 4. The highest BCUT2D eigenvalue weighted by Crippen LogP contribution is 2.47. The number of aldehydes is 1. The molecular formula is C17H30N2O5. The van der Waals surface area contributed by atoms with Gasteiger partial charge in [0, 0.05) is 19.5 Å². The first kappa shape index (κ1) is 20.3. The molecule has 7 nitrogen and oxygen atoms in total. The summed E-state index contributed by atoms with van der Waals surface area (Å²) < 4.78 is 5.20. The Morgan fingerprint density at radius 1 is 1.29 bits per heavy atom. The number of carbonyl (C=O) groups is 3. The molecule has 0 aromatic heterocycles. The zero-order valence-electron chi connectivity index (χ0n) is 15.5. The third-order valence-electron chi connectivity index (χ3n) is 4.57. The molecule has 1 aliphatic heterocycles. The molecule has 1 fully saturated rings. The summed E-state index contributed by atoms with van der Waals surface area (Å²) in [6.07, 6.45) is -0.104. The molecule has 0 bridgehead atoms. The number of nitrogens with zero attached hydrogens (tertiary/aromatic N) is 1. The number of amides is 2. The number of hydrogen-bond donors (Lipinski definition) is 2. The van der Waals surface area contributed by atoms with Crippen molar-refractivity contribution in [2.45, 2.75) is 65.5 Å². The SMILES string of the molecule is CC(C)(C)OC(=O)NC[C@@H]1CN(C(=O)O)[C@](CC=O)(C(C)(C)C)C1. The molecule has 0 aromatic carbocycles. The third-order valence-corrected chi connectivity index (χ3v) is 4.57. The Kier molecular flexibility index (Phi) is 5.90. The topological polar surface area (TPSA) is 95.9 Å². The van der Waals surface area contributed by atoms with Crippen LogP contribution >= 0.6 is 0 Å². The van der Waals surface area contributed by atoms with Gasteiger partial charge in [0.2, 0.25) is 0 Å². The van der Waals surface area contributed by atoms with Crippen molar-refractivity contribution in [2.75, 3.05) is 13.1 Å². The predicted octanol–water partition coefficient (Wildman–Crippen LogP) is 2.88. The first-order chi connectivity index (χ1) is 10.8. The van der Waals surface area contributed by atoms with E-state index in [-0.39, 0.29) is 18.9 Å². The van der Waals surface area contributed by atoms with Gasteiger partial charge in [-0.25, -0.2) is 9.59 Å². The zero-order chi connectivity index (χ0) is 18.8. The van der Waals surface area contributed by atoms with Crippen molar-refractivity contribution in [3.05, 3.63) is 0 Å². The van der Waals surface area contributed by atoms with E-state index in [0.717, 1.165) is 6.29 Å². The zero-order valence-corrected chi connectivity index (χ0v) is 15.5. The highest BCUT2D eigenvalue weighted by molar-refractivity contribution is 5.69. The Hall–Kier alpha value is -1.79. The standard InChI is InChI=1S/C17H30N2O5/c1-15(2,3)17(7-8-20)9-12(11-19(17)14(22)23)10-18-13(21)24-16(4,5)6/h8,12H,7,9-11H2,1-6H3,(H,18,21)(H,22,23)/t12-,17+/m1/s1. The number of carbonyl (C=O) groups excluding carboxylic acids is 2. The van der Waals surface area contributed by atoms with E-state index in [0.29, 0.717) is 13.0 Å².